The fraction of sp³-hybridized carbons (Fsp3) is 0.824. The maximum absolute atomic E-state index is 4.72. The molecule has 0 aliphatic heterocycles. The highest BCUT2D eigenvalue weighted by Crippen LogP contribution is 2.25. The first-order valence-corrected chi connectivity index (χ1v) is 9.22. The molecule has 0 radical (unpaired) electrons. The maximum atomic E-state index is 4.72. The third kappa shape index (κ3) is 6.20. The van der Waals surface area contributed by atoms with Gasteiger partial charge in [-0.05, 0) is 19.3 Å². The predicted molar refractivity (Wildman–Crippen MR) is 94.6 cm³/mol. The van der Waals surface area contributed by atoms with Crippen LogP contribution < -0.4 is 10.6 Å². The van der Waals surface area contributed by atoms with Gasteiger partial charge in [0.05, 0.1) is 0 Å². The van der Waals surface area contributed by atoms with Crippen LogP contribution in [0.4, 0.5) is 0 Å². The summed E-state index contributed by atoms with van der Waals surface area (Å²) in [7, 11) is 0. The minimum Gasteiger partial charge on any atom is -0.357 e. The number of nitrogens with one attached hydrogen (secondary N) is 2. The van der Waals surface area contributed by atoms with Crippen LogP contribution in [-0.2, 0) is 13.0 Å². The summed E-state index contributed by atoms with van der Waals surface area (Å²) in [6, 6.07) is 0. The molecule has 0 atom stereocenters. The summed E-state index contributed by atoms with van der Waals surface area (Å²) in [5.41, 5.74) is 0. The van der Waals surface area contributed by atoms with Crippen LogP contribution >= 0.6 is 0 Å². The van der Waals surface area contributed by atoms with Gasteiger partial charge >= 0.3 is 0 Å². The van der Waals surface area contributed by atoms with Gasteiger partial charge in [-0.15, -0.1) is 10.2 Å². The Balaban J connectivity index is 1.72. The fourth-order valence-corrected chi connectivity index (χ4v) is 3.21. The summed E-state index contributed by atoms with van der Waals surface area (Å²) in [5.74, 6) is 2.85. The number of hydrogen-bond donors (Lipinski definition) is 2. The van der Waals surface area contributed by atoms with E-state index in [1.807, 2.05) is 0 Å². The minimum atomic E-state index is 0.834. The van der Waals surface area contributed by atoms with Gasteiger partial charge in [-0.1, -0.05) is 39.0 Å². The second kappa shape index (κ2) is 10.2. The SMILES string of the molecule is CCNC(=NCCC1CCCCC1)NCCn1cnnc1CC. The van der Waals surface area contributed by atoms with Crippen molar-refractivity contribution in [2.45, 2.75) is 65.3 Å². The first kappa shape index (κ1) is 17.8. The summed E-state index contributed by atoms with van der Waals surface area (Å²) in [6.45, 7) is 7.72. The molecule has 0 unspecified atom stereocenters. The summed E-state index contributed by atoms with van der Waals surface area (Å²) < 4.78 is 2.10. The first-order valence-electron chi connectivity index (χ1n) is 9.22. The third-order valence-electron chi connectivity index (χ3n) is 4.53. The van der Waals surface area contributed by atoms with E-state index in [4.69, 9.17) is 4.99 Å². The first-order chi connectivity index (χ1) is 11.3. The number of hydrogen-bond acceptors (Lipinski definition) is 3. The molecule has 1 fully saturated rings. The number of aryl methyl sites for hydroxylation is 1. The molecule has 23 heavy (non-hydrogen) atoms. The van der Waals surface area contributed by atoms with Crippen LogP contribution in [0.1, 0.15) is 58.2 Å². The molecular formula is C17H32N6. The summed E-state index contributed by atoms with van der Waals surface area (Å²) >= 11 is 0. The Morgan fingerprint density at radius 1 is 1.26 bits per heavy atom. The topological polar surface area (TPSA) is 67.1 Å². The Kier molecular flexibility index (Phi) is 7.90. The zero-order chi connectivity index (χ0) is 16.3. The number of guanidine groups is 1. The molecule has 0 spiro atoms. The van der Waals surface area contributed by atoms with E-state index in [-0.39, 0.29) is 0 Å². The van der Waals surface area contributed by atoms with Gasteiger partial charge in [0.15, 0.2) is 5.96 Å². The number of aromatic nitrogens is 3. The van der Waals surface area contributed by atoms with E-state index in [1.54, 1.807) is 6.33 Å². The van der Waals surface area contributed by atoms with E-state index in [2.05, 4.69) is 39.2 Å². The molecule has 0 saturated heterocycles. The average Bonchev–Trinajstić information content (AvgIpc) is 3.03. The van der Waals surface area contributed by atoms with Gasteiger partial charge in [0.2, 0.25) is 0 Å². The standard InChI is InChI=1S/C17H32N6/c1-3-16-22-21-14-23(16)13-12-20-17(18-4-2)19-11-10-15-8-6-5-7-9-15/h14-15H,3-13H2,1-2H3,(H2,18,19,20). The number of aliphatic imine (C=N–C) groups is 1. The molecule has 1 aliphatic rings. The molecule has 130 valence electrons. The van der Waals surface area contributed by atoms with Gasteiger partial charge in [0.25, 0.3) is 0 Å². The van der Waals surface area contributed by atoms with Crippen molar-refractivity contribution in [3.05, 3.63) is 12.2 Å². The van der Waals surface area contributed by atoms with Crippen molar-refractivity contribution in [3.63, 3.8) is 0 Å². The van der Waals surface area contributed by atoms with Gasteiger partial charge < -0.3 is 15.2 Å². The van der Waals surface area contributed by atoms with Crippen molar-refractivity contribution >= 4 is 5.96 Å². The van der Waals surface area contributed by atoms with Crippen LogP contribution in [0.2, 0.25) is 0 Å². The van der Waals surface area contributed by atoms with E-state index >= 15 is 0 Å². The van der Waals surface area contributed by atoms with Crippen LogP contribution in [0.5, 0.6) is 0 Å². The van der Waals surface area contributed by atoms with Crippen molar-refractivity contribution in [3.8, 4) is 0 Å². The van der Waals surface area contributed by atoms with Crippen molar-refractivity contribution in [1.29, 1.82) is 0 Å². The molecule has 0 aromatic carbocycles. The van der Waals surface area contributed by atoms with Crippen LogP contribution in [0.15, 0.2) is 11.3 Å². The lowest BCUT2D eigenvalue weighted by Crippen LogP contribution is -2.39. The molecule has 2 N–H and O–H groups in total. The molecule has 6 nitrogen and oxygen atoms in total. The van der Waals surface area contributed by atoms with Crippen LogP contribution in [0.25, 0.3) is 0 Å². The average molecular weight is 320 g/mol. The third-order valence-corrected chi connectivity index (χ3v) is 4.53. The molecule has 1 heterocycles. The maximum Gasteiger partial charge on any atom is 0.191 e. The second-order valence-corrected chi connectivity index (χ2v) is 6.27. The van der Waals surface area contributed by atoms with Gasteiger partial charge in [-0.2, -0.15) is 0 Å². The monoisotopic (exact) mass is 320 g/mol. The van der Waals surface area contributed by atoms with E-state index in [1.165, 1.54) is 38.5 Å². The second-order valence-electron chi connectivity index (χ2n) is 6.27. The van der Waals surface area contributed by atoms with Gasteiger partial charge in [-0.25, -0.2) is 0 Å². The minimum absolute atomic E-state index is 0.834. The van der Waals surface area contributed by atoms with Crippen molar-refractivity contribution < 1.29 is 0 Å². The Bertz CT molecular complexity index is 461. The zero-order valence-corrected chi connectivity index (χ0v) is 14.7. The van der Waals surface area contributed by atoms with Crippen molar-refractivity contribution in [1.82, 2.24) is 25.4 Å². The molecule has 1 aromatic heterocycles. The normalized spacial score (nSPS) is 16.5. The largest absolute Gasteiger partial charge is 0.357 e. The lowest BCUT2D eigenvalue weighted by Gasteiger charge is -2.20. The number of nitrogens with zero attached hydrogens (tertiary/aromatic N) is 4. The van der Waals surface area contributed by atoms with E-state index in [0.29, 0.717) is 0 Å². The highest BCUT2D eigenvalue weighted by atomic mass is 15.3. The molecule has 1 aromatic rings. The molecule has 2 rings (SSSR count). The molecule has 0 amide bonds. The lowest BCUT2D eigenvalue weighted by molar-refractivity contribution is 0.343. The zero-order valence-electron chi connectivity index (χ0n) is 14.7. The van der Waals surface area contributed by atoms with Crippen molar-refractivity contribution in [2.24, 2.45) is 10.9 Å². The number of rotatable bonds is 8. The summed E-state index contributed by atoms with van der Waals surface area (Å²) in [4.78, 5) is 4.72. The summed E-state index contributed by atoms with van der Waals surface area (Å²) in [6.07, 6.45) is 11.0. The van der Waals surface area contributed by atoms with Gasteiger partial charge in [-0.3, -0.25) is 4.99 Å². The molecular weight excluding hydrogens is 288 g/mol. The summed E-state index contributed by atoms with van der Waals surface area (Å²) in [5, 5.41) is 14.8. The van der Waals surface area contributed by atoms with Crippen LogP contribution in [-0.4, -0.2) is 40.4 Å². The Morgan fingerprint density at radius 3 is 2.83 bits per heavy atom. The molecule has 1 saturated carbocycles. The Hall–Kier alpha value is -1.59. The van der Waals surface area contributed by atoms with Crippen LogP contribution in [0, 0.1) is 5.92 Å². The molecule has 1 aliphatic carbocycles. The Labute approximate surface area is 140 Å². The lowest BCUT2D eigenvalue weighted by atomic mass is 9.87. The van der Waals surface area contributed by atoms with E-state index < -0.39 is 0 Å². The highest BCUT2D eigenvalue weighted by Gasteiger charge is 2.12. The van der Waals surface area contributed by atoms with Gasteiger partial charge in [0, 0.05) is 32.6 Å². The quantitative estimate of drug-likeness (QED) is 0.570. The van der Waals surface area contributed by atoms with Gasteiger partial charge in [0.1, 0.15) is 12.2 Å². The molecule has 0 bridgehead atoms. The predicted octanol–water partition coefficient (Wildman–Crippen LogP) is 2.37. The molecule has 6 heteroatoms. The fourth-order valence-electron chi connectivity index (χ4n) is 3.21. The Morgan fingerprint density at radius 2 is 2.09 bits per heavy atom. The van der Waals surface area contributed by atoms with E-state index in [9.17, 15) is 0 Å². The van der Waals surface area contributed by atoms with Crippen molar-refractivity contribution in [2.75, 3.05) is 19.6 Å². The highest BCUT2D eigenvalue weighted by molar-refractivity contribution is 5.79. The van der Waals surface area contributed by atoms with Crippen LogP contribution in [0.3, 0.4) is 0 Å². The smallest absolute Gasteiger partial charge is 0.191 e. The van der Waals surface area contributed by atoms with E-state index in [0.717, 1.165) is 50.3 Å².